The summed E-state index contributed by atoms with van der Waals surface area (Å²) >= 11 is 1.63. The molecular formula is C16H35O2PS. The van der Waals surface area contributed by atoms with E-state index in [1.165, 1.54) is 44.9 Å². The highest BCUT2D eigenvalue weighted by atomic mass is 32.7. The first-order valence-corrected chi connectivity index (χ1v) is 11.2. The lowest BCUT2D eigenvalue weighted by Gasteiger charge is -2.19. The van der Waals surface area contributed by atoms with Crippen LogP contribution in [0, 0.1) is 11.8 Å². The summed E-state index contributed by atoms with van der Waals surface area (Å²) in [5.74, 6) is 2.40. The van der Waals surface area contributed by atoms with Gasteiger partial charge in [-0.3, -0.25) is 0 Å². The second-order valence-corrected chi connectivity index (χ2v) is 8.70. The Morgan fingerprint density at radius 3 is 2.00 bits per heavy atom. The Morgan fingerprint density at radius 2 is 1.50 bits per heavy atom. The summed E-state index contributed by atoms with van der Waals surface area (Å²) in [6.07, 6.45) is 9.97. The van der Waals surface area contributed by atoms with Gasteiger partial charge in [-0.1, -0.05) is 77.6 Å². The summed E-state index contributed by atoms with van der Waals surface area (Å²) in [4.78, 5) is 9.99. The van der Waals surface area contributed by atoms with Crippen molar-refractivity contribution in [1.82, 2.24) is 0 Å². The minimum atomic E-state index is -1.27. The highest BCUT2D eigenvalue weighted by Gasteiger charge is 2.14. The van der Waals surface area contributed by atoms with Gasteiger partial charge in [-0.15, -0.1) is 0 Å². The largest absolute Gasteiger partial charge is 0.342 e. The van der Waals surface area contributed by atoms with Crippen molar-refractivity contribution in [3.05, 3.63) is 0 Å². The van der Waals surface area contributed by atoms with Gasteiger partial charge in [0.05, 0.1) is 6.61 Å². The van der Waals surface area contributed by atoms with Crippen LogP contribution in [0.25, 0.3) is 0 Å². The van der Waals surface area contributed by atoms with E-state index in [1.807, 2.05) is 0 Å². The molecule has 0 heterocycles. The lowest BCUT2D eigenvalue weighted by molar-refractivity contribution is 0.239. The van der Waals surface area contributed by atoms with E-state index in [1.54, 1.807) is 11.4 Å². The summed E-state index contributed by atoms with van der Waals surface area (Å²) in [5.41, 5.74) is 0. The van der Waals surface area contributed by atoms with Crippen molar-refractivity contribution in [2.75, 3.05) is 12.4 Å². The van der Waals surface area contributed by atoms with Crippen LogP contribution in [-0.2, 0) is 4.52 Å². The Morgan fingerprint density at radius 1 is 0.950 bits per heavy atom. The standard InChI is InChI=1S/C16H35O2PS/c1-5-9-11-15(7-3)13-18-19(17)20-14-16(8-4)12-10-6-2/h15-17H,5-14H2,1-4H3. The average Bonchev–Trinajstić information content (AvgIpc) is 2.47. The minimum Gasteiger partial charge on any atom is -0.342 e. The van der Waals surface area contributed by atoms with Crippen LogP contribution < -0.4 is 0 Å². The fraction of sp³-hybridized carbons (Fsp3) is 1.00. The fourth-order valence-corrected chi connectivity index (χ4v) is 4.75. The van der Waals surface area contributed by atoms with Crippen molar-refractivity contribution in [3.8, 4) is 0 Å². The van der Waals surface area contributed by atoms with E-state index in [0.717, 1.165) is 24.7 Å². The lowest BCUT2D eigenvalue weighted by atomic mass is 10.0. The number of rotatable bonds is 14. The summed E-state index contributed by atoms with van der Waals surface area (Å²) in [7, 11) is -1.27. The molecule has 0 amide bonds. The fourth-order valence-electron chi connectivity index (χ4n) is 2.17. The molecule has 0 aliphatic heterocycles. The molecule has 1 N–H and O–H groups in total. The molecule has 0 aromatic rings. The molecule has 0 spiro atoms. The van der Waals surface area contributed by atoms with Gasteiger partial charge in [0.15, 0.2) is 0 Å². The summed E-state index contributed by atoms with van der Waals surface area (Å²) in [6.45, 7) is 9.66. The first kappa shape index (κ1) is 20.7. The van der Waals surface area contributed by atoms with Crippen LogP contribution >= 0.6 is 19.0 Å². The van der Waals surface area contributed by atoms with Crippen molar-refractivity contribution in [2.24, 2.45) is 11.8 Å². The Bertz CT molecular complexity index is 185. The van der Waals surface area contributed by atoms with Gasteiger partial charge in [0, 0.05) is 5.75 Å². The molecule has 0 saturated heterocycles. The summed E-state index contributed by atoms with van der Waals surface area (Å²) in [6, 6.07) is 0. The molecule has 0 aliphatic rings. The van der Waals surface area contributed by atoms with Crippen LogP contribution in [0.3, 0.4) is 0 Å². The van der Waals surface area contributed by atoms with Crippen molar-refractivity contribution in [2.45, 2.75) is 79.1 Å². The second-order valence-electron chi connectivity index (χ2n) is 5.66. The third kappa shape index (κ3) is 11.4. The predicted molar refractivity (Wildman–Crippen MR) is 94.2 cm³/mol. The molecule has 2 nitrogen and oxygen atoms in total. The molecule has 3 atom stereocenters. The normalized spacial score (nSPS) is 16.1. The maximum Gasteiger partial charge on any atom is 0.235 e. The van der Waals surface area contributed by atoms with E-state index in [0.29, 0.717) is 5.92 Å². The van der Waals surface area contributed by atoms with E-state index >= 15 is 0 Å². The highest BCUT2D eigenvalue weighted by molar-refractivity contribution is 8.52. The smallest absolute Gasteiger partial charge is 0.235 e. The molecule has 0 aliphatic carbocycles. The number of unbranched alkanes of at least 4 members (excludes halogenated alkanes) is 2. The molecular weight excluding hydrogens is 287 g/mol. The third-order valence-electron chi connectivity index (χ3n) is 3.93. The van der Waals surface area contributed by atoms with Crippen LogP contribution in [-0.4, -0.2) is 17.3 Å². The minimum absolute atomic E-state index is 0.620. The van der Waals surface area contributed by atoms with Gasteiger partial charge in [0.2, 0.25) is 7.58 Å². The molecule has 3 unspecified atom stereocenters. The molecule has 0 aromatic heterocycles. The average molecular weight is 322 g/mol. The molecule has 0 aromatic carbocycles. The van der Waals surface area contributed by atoms with E-state index in [9.17, 15) is 4.89 Å². The van der Waals surface area contributed by atoms with Crippen molar-refractivity contribution in [1.29, 1.82) is 0 Å². The van der Waals surface area contributed by atoms with E-state index in [4.69, 9.17) is 4.52 Å². The van der Waals surface area contributed by atoms with Crippen LogP contribution in [0.15, 0.2) is 0 Å². The summed E-state index contributed by atoms with van der Waals surface area (Å²) < 4.78 is 5.67. The molecule has 20 heavy (non-hydrogen) atoms. The van der Waals surface area contributed by atoms with Gasteiger partial charge >= 0.3 is 0 Å². The van der Waals surface area contributed by atoms with Crippen molar-refractivity contribution < 1.29 is 9.42 Å². The number of hydrogen-bond donors (Lipinski definition) is 1. The first-order chi connectivity index (χ1) is 9.67. The van der Waals surface area contributed by atoms with E-state index < -0.39 is 7.58 Å². The van der Waals surface area contributed by atoms with Crippen LogP contribution in [0.1, 0.15) is 79.1 Å². The maximum atomic E-state index is 9.99. The number of hydrogen-bond acceptors (Lipinski definition) is 3. The zero-order chi connectivity index (χ0) is 15.2. The van der Waals surface area contributed by atoms with Crippen LogP contribution in [0.4, 0.5) is 0 Å². The zero-order valence-corrected chi connectivity index (χ0v) is 15.6. The molecule has 4 heteroatoms. The van der Waals surface area contributed by atoms with Gasteiger partial charge < -0.3 is 9.42 Å². The molecule has 0 bridgehead atoms. The molecule has 0 fully saturated rings. The van der Waals surface area contributed by atoms with Gasteiger partial charge in [0.1, 0.15) is 0 Å². The SMILES string of the molecule is CCCCC(CC)COP(O)SCC(CC)CCCC. The highest BCUT2D eigenvalue weighted by Crippen LogP contribution is 2.48. The molecule has 0 radical (unpaired) electrons. The van der Waals surface area contributed by atoms with E-state index in [-0.39, 0.29) is 0 Å². The van der Waals surface area contributed by atoms with Gasteiger partial charge in [-0.05, 0) is 24.7 Å². The Kier molecular flexibility index (Phi) is 15.1. The predicted octanol–water partition coefficient (Wildman–Crippen LogP) is 6.39. The van der Waals surface area contributed by atoms with Gasteiger partial charge in [-0.2, -0.15) is 0 Å². The lowest BCUT2D eigenvalue weighted by Crippen LogP contribution is -2.07. The Hall–Kier alpha value is 0.700. The van der Waals surface area contributed by atoms with Crippen LogP contribution in [0.2, 0.25) is 0 Å². The second kappa shape index (κ2) is 14.6. The Labute approximate surface area is 132 Å². The zero-order valence-electron chi connectivity index (χ0n) is 13.9. The van der Waals surface area contributed by atoms with Gasteiger partial charge in [0.25, 0.3) is 0 Å². The molecule has 122 valence electrons. The van der Waals surface area contributed by atoms with Crippen molar-refractivity contribution in [3.63, 3.8) is 0 Å². The first-order valence-electron chi connectivity index (χ1n) is 8.42. The van der Waals surface area contributed by atoms with Gasteiger partial charge in [-0.25, -0.2) is 0 Å². The third-order valence-corrected chi connectivity index (χ3v) is 6.57. The van der Waals surface area contributed by atoms with Crippen LogP contribution in [0.5, 0.6) is 0 Å². The quantitative estimate of drug-likeness (QED) is 0.376. The topological polar surface area (TPSA) is 29.5 Å². The molecule has 0 saturated carbocycles. The maximum absolute atomic E-state index is 9.99. The van der Waals surface area contributed by atoms with Crippen molar-refractivity contribution >= 4 is 19.0 Å². The van der Waals surface area contributed by atoms with E-state index in [2.05, 4.69) is 27.7 Å². The Balaban J connectivity index is 3.76. The molecule has 0 rings (SSSR count). The monoisotopic (exact) mass is 322 g/mol. The summed E-state index contributed by atoms with van der Waals surface area (Å²) in [5, 5.41) is 0.